The predicted molar refractivity (Wildman–Crippen MR) is 61.5 cm³/mol. The quantitative estimate of drug-likeness (QED) is 0.786. The van der Waals surface area contributed by atoms with Crippen molar-refractivity contribution >= 4 is 18.9 Å². The van der Waals surface area contributed by atoms with Gasteiger partial charge in [0.2, 0.25) is 0 Å². The van der Waals surface area contributed by atoms with E-state index in [4.69, 9.17) is 11.6 Å². The van der Waals surface area contributed by atoms with Gasteiger partial charge in [0, 0.05) is 37.8 Å². The molecule has 0 atom stereocenters. The van der Waals surface area contributed by atoms with Crippen LogP contribution in [-0.2, 0) is 6.16 Å². The fraction of sp³-hybridized carbons (Fsp3) is 0.400. The van der Waals surface area contributed by atoms with Gasteiger partial charge in [-0.3, -0.25) is 0 Å². The zero-order chi connectivity index (χ0) is 10.1. The topological polar surface area (TPSA) is 20.2 Å². The lowest BCUT2D eigenvalue weighted by Crippen LogP contribution is -3.00. The summed E-state index contributed by atoms with van der Waals surface area (Å²) in [6.07, 6.45) is 0.944. The van der Waals surface area contributed by atoms with E-state index in [2.05, 4.69) is 20.0 Å². The third-order valence-corrected chi connectivity index (χ3v) is 3.21. The van der Waals surface area contributed by atoms with Gasteiger partial charge in [0.25, 0.3) is 0 Å². The Bertz CT molecular complexity index is 309. The van der Waals surface area contributed by atoms with E-state index in [-0.39, 0.29) is 17.0 Å². The van der Waals surface area contributed by atoms with Crippen LogP contribution in [0.4, 0.5) is 0 Å². The van der Waals surface area contributed by atoms with E-state index >= 15 is 0 Å². The maximum atomic E-state index is 9.56. The van der Waals surface area contributed by atoms with Crippen LogP contribution >= 0.6 is 18.9 Å². The standard InChI is InChI=1S/C10H14ClOP.BrH/c1-13(2,3)7-8-6-9(11)4-5-10(8)12;/h4-6H,7H2,1-3H3;1H. The molecule has 80 valence electrons. The lowest BCUT2D eigenvalue weighted by Gasteiger charge is -2.12. The Morgan fingerprint density at radius 2 is 1.86 bits per heavy atom. The van der Waals surface area contributed by atoms with Crippen LogP contribution in [0.2, 0.25) is 5.02 Å². The Kier molecular flexibility index (Phi) is 5.43. The summed E-state index contributed by atoms with van der Waals surface area (Å²) in [4.78, 5) is 0. The van der Waals surface area contributed by atoms with Gasteiger partial charge in [-0.05, 0) is 18.2 Å². The molecule has 0 aliphatic rings. The highest BCUT2D eigenvalue weighted by molar-refractivity contribution is 7.73. The number of aromatic hydroxyl groups is 1. The maximum Gasteiger partial charge on any atom is 0.122 e. The molecular weight excluding hydrogens is 282 g/mol. The molecule has 1 aromatic rings. The van der Waals surface area contributed by atoms with Crippen LogP contribution < -0.4 is 17.0 Å². The molecule has 0 aliphatic heterocycles. The van der Waals surface area contributed by atoms with Crippen molar-refractivity contribution in [3.8, 4) is 5.75 Å². The van der Waals surface area contributed by atoms with Crippen molar-refractivity contribution in [3.63, 3.8) is 0 Å². The van der Waals surface area contributed by atoms with E-state index in [1.165, 1.54) is 0 Å². The SMILES string of the molecule is C[P+](C)(C)Cc1cc(Cl)ccc1O.[Br-]. The van der Waals surface area contributed by atoms with Gasteiger partial charge in [0.05, 0.1) is 6.16 Å². The highest BCUT2D eigenvalue weighted by Crippen LogP contribution is 2.51. The zero-order valence-corrected chi connectivity index (χ0v) is 11.8. The minimum atomic E-state index is -0.903. The average molecular weight is 298 g/mol. The number of benzene rings is 1. The highest BCUT2D eigenvalue weighted by Gasteiger charge is 2.20. The first-order chi connectivity index (χ1) is 5.88. The summed E-state index contributed by atoms with van der Waals surface area (Å²) in [6, 6.07) is 5.22. The van der Waals surface area contributed by atoms with E-state index in [0.717, 1.165) is 11.7 Å². The predicted octanol–water partition coefficient (Wildman–Crippen LogP) is 0.457. The van der Waals surface area contributed by atoms with Gasteiger partial charge in [-0.25, -0.2) is 0 Å². The molecule has 0 fully saturated rings. The molecule has 0 saturated carbocycles. The average Bonchev–Trinajstić information content (AvgIpc) is 1.94. The summed E-state index contributed by atoms with van der Waals surface area (Å²) in [7, 11) is -0.903. The van der Waals surface area contributed by atoms with E-state index in [9.17, 15) is 5.11 Å². The van der Waals surface area contributed by atoms with Crippen molar-refractivity contribution in [1.82, 2.24) is 0 Å². The van der Waals surface area contributed by atoms with Crippen molar-refractivity contribution in [1.29, 1.82) is 0 Å². The third kappa shape index (κ3) is 4.63. The first kappa shape index (κ1) is 14.2. The molecule has 0 saturated heterocycles. The molecule has 0 radical (unpaired) electrons. The second-order valence-corrected chi connectivity index (χ2v) is 9.55. The van der Waals surface area contributed by atoms with Crippen molar-refractivity contribution < 1.29 is 22.1 Å². The number of hydrogen-bond acceptors (Lipinski definition) is 1. The molecule has 0 aliphatic carbocycles. The van der Waals surface area contributed by atoms with Crippen LogP contribution in [0, 0.1) is 0 Å². The van der Waals surface area contributed by atoms with Crippen molar-refractivity contribution in [2.45, 2.75) is 6.16 Å². The third-order valence-electron chi connectivity index (χ3n) is 1.69. The van der Waals surface area contributed by atoms with Crippen LogP contribution in [0.3, 0.4) is 0 Å². The Hall–Kier alpha value is 0.220. The fourth-order valence-electron chi connectivity index (χ4n) is 1.19. The molecular formula is C10H15BrClOP. The smallest absolute Gasteiger partial charge is 0.122 e. The van der Waals surface area contributed by atoms with Gasteiger partial charge in [-0.1, -0.05) is 11.6 Å². The number of halogens is 2. The fourth-order valence-corrected chi connectivity index (χ4v) is 2.66. The molecule has 1 N–H and O–H groups in total. The molecule has 1 rings (SSSR count). The molecule has 4 heteroatoms. The number of rotatable bonds is 2. The van der Waals surface area contributed by atoms with Crippen LogP contribution in [0.1, 0.15) is 5.56 Å². The van der Waals surface area contributed by atoms with Gasteiger partial charge < -0.3 is 22.1 Å². The van der Waals surface area contributed by atoms with Crippen LogP contribution in [0.25, 0.3) is 0 Å². The van der Waals surface area contributed by atoms with E-state index in [1.54, 1.807) is 12.1 Å². The van der Waals surface area contributed by atoms with E-state index in [1.807, 2.05) is 6.07 Å². The molecule has 0 aromatic heterocycles. The Labute approximate surface area is 102 Å². The molecule has 14 heavy (non-hydrogen) atoms. The molecule has 0 bridgehead atoms. The van der Waals surface area contributed by atoms with Crippen molar-refractivity contribution in [3.05, 3.63) is 28.8 Å². The lowest BCUT2D eigenvalue weighted by molar-refractivity contribution is -0.00000390. The Morgan fingerprint density at radius 1 is 1.29 bits per heavy atom. The summed E-state index contributed by atoms with van der Waals surface area (Å²) in [5, 5.41) is 10.3. The number of hydrogen-bond donors (Lipinski definition) is 1. The monoisotopic (exact) mass is 296 g/mol. The summed E-state index contributed by atoms with van der Waals surface area (Å²) < 4.78 is 0. The summed E-state index contributed by atoms with van der Waals surface area (Å²) in [5.74, 6) is 0.360. The van der Waals surface area contributed by atoms with Crippen LogP contribution in [0.5, 0.6) is 5.75 Å². The largest absolute Gasteiger partial charge is 1.00 e. The molecule has 0 unspecified atom stereocenters. The number of phenolic OH excluding ortho intramolecular Hbond substituents is 1. The van der Waals surface area contributed by atoms with Gasteiger partial charge in [0.15, 0.2) is 0 Å². The molecule has 0 heterocycles. The molecule has 0 amide bonds. The van der Waals surface area contributed by atoms with Gasteiger partial charge in [-0.2, -0.15) is 0 Å². The van der Waals surface area contributed by atoms with Gasteiger partial charge in [-0.15, -0.1) is 0 Å². The Balaban J connectivity index is 0.00000169. The van der Waals surface area contributed by atoms with E-state index < -0.39 is 7.26 Å². The minimum Gasteiger partial charge on any atom is -1.00 e. The van der Waals surface area contributed by atoms with E-state index in [0.29, 0.717) is 10.8 Å². The summed E-state index contributed by atoms with van der Waals surface area (Å²) in [6.45, 7) is 6.73. The van der Waals surface area contributed by atoms with Crippen LogP contribution in [0.15, 0.2) is 18.2 Å². The maximum absolute atomic E-state index is 9.56. The summed E-state index contributed by atoms with van der Waals surface area (Å²) in [5.41, 5.74) is 0.966. The zero-order valence-electron chi connectivity index (χ0n) is 8.59. The molecule has 0 spiro atoms. The summed E-state index contributed by atoms with van der Waals surface area (Å²) >= 11 is 5.85. The van der Waals surface area contributed by atoms with Gasteiger partial charge in [0.1, 0.15) is 5.75 Å². The van der Waals surface area contributed by atoms with Crippen LogP contribution in [-0.4, -0.2) is 25.1 Å². The minimum absolute atomic E-state index is 0. The normalized spacial score (nSPS) is 10.9. The Morgan fingerprint density at radius 3 is 2.36 bits per heavy atom. The van der Waals surface area contributed by atoms with Crippen molar-refractivity contribution in [2.75, 3.05) is 20.0 Å². The highest BCUT2D eigenvalue weighted by atomic mass is 79.9. The van der Waals surface area contributed by atoms with Crippen molar-refractivity contribution in [2.24, 2.45) is 0 Å². The molecule has 1 nitrogen and oxygen atoms in total. The first-order valence-corrected chi connectivity index (χ1v) is 7.86. The number of phenols is 1. The van der Waals surface area contributed by atoms with Gasteiger partial charge >= 0.3 is 0 Å². The lowest BCUT2D eigenvalue weighted by atomic mass is 10.2. The second kappa shape index (κ2) is 5.34. The second-order valence-electron chi connectivity index (χ2n) is 4.22. The first-order valence-electron chi connectivity index (χ1n) is 4.16. The molecule has 1 aromatic carbocycles.